The fraction of sp³-hybridized carbons (Fsp3) is 0.0500. The summed E-state index contributed by atoms with van der Waals surface area (Å²) in [4.78, 5) is 39.6. The van der Waals surface area contributed by atoms with E-state index in [1.54, 1.807) is 30.3 Å². The minimum absolute atomic E-state index is 0.0701. The standard InChI is InChI=1S/C20H13Cl2N3O5/c21-15-8-7-14(10-16(15)25(28)29)24-19(26)18(12-4-2-1-3-5-12)30-20(27)13-6-9-17(22)23-11-13/h1-11,18H,(H,24,26). The van der Waals surface area contributed by atoms with Gasteiger partial charge in [0.2, 0.25) is 6.10 Å². The largest absolute Gasteiger partial charge is 0.444 e. The first-order chi connectivity index (χ1) is 14.3. The summed E-state index contributed by atoms with van der Waals surface area (Å²) in [6.45, 7) is 0. The van der Waals surface area contributed by atoms with Gasteiger partial charge in [0.1, 0.15) is 10.2 Å². The number of hydrogen-bond donors (Lipinski definition) is 1. The quantitative estimate of drug-likeness (QED) is 0.251. The van der Waals surface area contributed by atoms with Crippen LogP contribution in [0.25, 0.3) is 0 Å². The second-order valence-corrected chi connectivity index (χ2v) is 6.77. The summed E-state index contributed by atoms with van der Waals surface area (Å²) >= 11 is 11.5. The molecule has 1 atom stereocenters. The smallest absolute Gasteiger partial charge is 0.340 e. The van der Waals surface area contributed by atoms with Crippen molar-refractivity contribution in [3.63, 3.8) is 0 Å². The minimum atomic E-state index is -1.32. The number of amides is 1. The molecule has 0 radical (unpaired) electrons. The summed E-state index contributed by atoms with van der Waals surface area (Å²) in [6, 6.07) is 15.0. The molecule has 0 spiro atoms. The Balaban J connectivity index is 1.86. The van der Waals surface area contributed by atoms with Gasteiger partial charge in [-0.1, -0.05) is 53.5 Å². The zero-order valence-corrected chi connectivity index (χ0v) is 16.6. The van der Waals surface area contributed by atoms with E-state index in [2.05, 4.69) is 10.3 Å². The number of benzene rings is 2. The number of aromatic nitrogens is 1. The Hall–Kier alpha value is -3.49. The normalized spacial score (nSPS) is 11.4. The van der Waals surface area contributed by atoms with Crippen LogP contribution in [0.4, 0.5) is 11.4 Å². The molecular formula is C20H13Cl2N3O5. The van der Waals surface area contributed by atoms with E-state index in [9.17, 15) is 19.7 Å². The van der Waals surface area contributed by atoms with Crippen molar-refractivity contribution in [3.8, 4) is 0 Å². The van der Waals surface area contributed by atoms with Crippen LogP contribution in [0, 0.1) is 10.1 Å². The summed E-state index contributed by atoms with van der Waals surface area (Å²) < 4.78 is 5.40. The van der Waals surface area contributed by atoms with Gasteiger partial charge in [0.25, 0.3) is 11.6 Å². The molecule has 3 rings (SSSR count). The Labute approximate surface area is 180 Å². The fourth-order valence-electron chi connectivity index (χ4n) is 2.51. The second kappa shape index (κ2) is 9.34. The third-order valence-electron chi connectivity index (χ3n) is 3.94. The Morgan fingerprint density at radius 1 is 1.07 bits per heavy atom. The van der Waals surface area contributed by atoms with E-state index in [0.717, 1.165) is 6.07 Å². The van der Waals surface area contributed by atoms with Gasteiger partial charge in [-0.05, 0) is 24.3 Å². The average molecular weight is 446 g/mol. The van der Waals surface area contributed by atoms with Gasteiger partial charge in [-0.2, -0.15) is 0 Å². The van der Waals surface area contributed by atoms with Crippen LogP contribution in [-0.4, -0.2) is 21.8 Å². The minimum Gasteiger partial charge on any atom is -0.444 e. The molecule has 10 heteroatoms. The topological polar surface area (TPSA) is 111 Å². The van der Waals surface area contributed by atoms with E-state index in [-0.39, 0.29) is 27.1 Å². The van der Waals surface area contributed by atoms with E-state index >= 15 is 0 Å². The third kappa shape index (κ3) is 5.11. The number of pyridine rings is 1. The molecular weight excluding hydrogens is 433 g/mol. The molecule has 3 aromatic rings. The first-order valence-electron chi connectivity index (χ1n) is 8.47. The highest BCUT2D eigenvalue weighted by Crippen LogP contribution is 2.28. The van der Waals surface area contributed by atoms with Gasteiger partial charge in [-0.15, -0.1) is 0 Å². The number of rotatable bonds is 6. The van der Waals surface area contributed by atoms with E-state index < -0.39 is 22.9 Å². The summed E-state index contributed by atoms with van der Waals surface area (Å²) in [5.41, 5.74) is 0.278. The van der Waals surface area contributed by atoms with E-state index in [1.165, 1.54) is 30.5 Å². The summed E-state index contributed by atoms with van der Waals surface area (Å²) in [6.07, 6.45) is -0.0863. The fourth-order valence-corrected chi connectivity index (χ4v) is 2.81. The molecule has 0 aliphatic carbocycles. The second-order valence-electron chi connectivity index (χ2n) is 5.98. The molecule has 30 heavy (non-hydrogen) atoms. The number of halogens is 2. The summed E-state index contributed by atoms with van der Waals surface area (Å²) in [5, 5.41) is 13.7. The van der Waals surface area contributed by atoms with Crippen LogP contribution in [0.15, 0.2) is 66.9 Å². The van der Waals surface area contributed by atoms with Gasteiger partial charge >= 0.3 is 5.97 Å². The van der Waals surface area contributed by atoms with Crippen molar-refractivity contribution in [1.29, 1.82) is 0 Å². The van der Waals surface area contributed by atoms with Crippen molar-refractivity contribution < 1.29 is 19.2 Å². The zero-order valence-electron chi connectivity index (χ0n) is 15.1. The lowest BCUT2D eigenvalue weighted by Gasteiger charge is -2.18. The molecule has 1 aromatic heterocycles. The molecule has 1 heterocycles. The lowest BCUT2D eigenvalue weighted by Crippen LogP contribution is -2.26. The number of nitro groups is 1. The summed E-state index contributed by atoms with van der Waals surface area (Å²) in [7, 11) is 0. The molecule has 1 amide bonds. The molecule has 2 aromatic carbocycles. The zero-order chi connectivity index (χ0) is 21.7. The number of anilines is 1. The Bertz CT molecular complexity index is 1090. The maximum atomic E-state index is 12.9. The highest BCUT2D eigenvalue weighted by molar-refractivity contribution is 6.32. The third-order valence-corrected chi connectivity index (χ3v) is 4.48. The molecule has 0 saturated carbocycles. The highest BCUT2D eigenvalue weighted by atomic mass is 35.5. The molecule has 1 N–H and O–H groups in total. The maximum absolute atomic E-state index is 12.9. The number of nitrogens with zero attached hydrogens (tertiary/aromatic N) is 2. The van der Waals surface area contributed by atoms with Gasteiger partial charge in [0, 0.05) is 23.5 Å². The Morgan fingerprint density at radius 3 is 2.43 bits per heavy atom. The van der Waals surface area contributed by atoms with Crippen LogP contribution < -0.4 is 5.32 Å². The van der Waals surface area contributed by atoms with Crippen molar-refractivity contribution in [2.24, 2.45) is 0 Å². The predicted molar refractivity (Wildman–Crippen MR) is 111 cm³/mol. The van der Waals surface area contributed by atoms with Gasteiger partial charge in [-0.25, -0.2) is 9.78 Å². The van der Waals surface area contributed by atoms with Crippen LogP contribution in [0.2, 0.25) is 10.2 Å². The molecule has 0 bridgehead atoms. The van der Waals surface area contributed by atoms with E-state index in [1.807, 2.05) is 0 Å². The van der Waals surface area contributed by atoms with E-state index in [0.29, 0.717) is 5.56 Å². The highest BCUT2D eigenvalue weighted by Gasteiger charge is 2.26. The average Bonchev–Trinajstić information content (AvgIpc) is 2.74. The lowest BCUT2D eigenvalue weighted by atomic mass is 10.1. The van der Waals surface area contributed by atoms with Gasteiger partial charge in [0.05, 0.1) is 10.5 Å². The molecule has 0 aliphatic heterocycles. The number of nitro benzene ring substituents is 1. The number of ether oxygens (including phenoxy) is 1. The number of esters is 1. The molecule has 8 nitrogen and oxygen atoms in total. The molecule has 0 fully saturated rings. The lowest BCUT2D eigenvalue weighted by molar-refractivity contribution is -0.384. The van der Waals surface area contributed by atoms with Gasteiger partial charge in [0.15, 0.2) is 0 Å². The summed E-state index contributed by atoms with van der Waals surface area (Å²) in [5.74, 6) is -1.49. The van der Waals surface area contributed by atoms with Crippen LogP contribution >= 0.6 is 23.2 Å². The van der Waals surface area contributed by atoms with E-state index in [4.69, 9.17) is 27.9 Å². The van der Waals surface area contributed by atoms with Crippen LogP contribution in [0.3, 0.4) is 0 Å². The Morgan fingerprint density at radius 2 is 1.80 bits per heavy atom. The van der Waals surface area contributed by atoms with Crippen molar-refractivity contribution in [1.82, 2.24) is 4.98 Å². The van der Waals surface area contributed by atoms with Crippen LogP contribution in [0.5, 0.6) is 0 Å². The Kier molecular flexibility index (Phi) is 6.61. The number of carbonyl (C=O) groups excluding carboxylic acids is 2. The first-order valence-corrected chi connectivity index (χ1v) is 9.23. The first kappa shape index (κ1) is 21.2. The molecule has 1 unspecified atom stereocenters. The predicted octanol–water partition coefficient (Wildman–Crippen LogP) is 4.83. The van der Waals surface area contributed by atoms with Crippen molar-refractivity contribution >= 4 is 46.5 Å². The van der Waals surface area contributed by atoms with Crippen LogP contribution in [-0.2, 0) is 9.53 Å². The van der Waals surface area contributed by atoms with Crippen molar-refractivity contribution in [3.05, 3.63) is 98.3 Å². The SMILES string of the molecule is O=C(OC(C(=O)Nc1ccc(Cl)c([N+](=O)[O-])c1)c1ccccc1)c1ccc(Cl)nc1. The number of nitrogens with one attached hydrogen (secondary N) is 1. The van der Waals surface area contributed by atoms with Gasteiger partial charge < -0.3 is 10.1 Å². The monoisotopic (exact) mass is 445 g/mol. The maximum Gasteiger partial charge on any atom is 0.340 e. The number of hydrogen-bond acceptors (Lipinski definition) is 6. The molecule has 152 valence electrons. The van der Waals surface area contributed by atoms with Crippen molar-refractivity contribution in [2.75, 3.05) is 5.32 Å². The van der Waals surface area contributed by atoms with Crippen LogP contribution in [0.1, 0.15) is 22.0 Å². The van der Waals surface area contributed by atoms with Gasteiger partial charge in [-0.3, -0.25) is 14.9 Å². The molecule has 0 aliphatic rings. The van der Waals surface area contributed by atoms with Crippen molar-refractivity contribution in [2.45, 2.75) is 6.10 Å². The number of carbonyl (C=O) groups is 2. The molecule has 0 saturated heterocycles.